The fraction of sp³-hybridized carbons (Fsp3) is 0.379. The van der Waals surface area contributed by atoms with Gasteiger partial charge in [0.05, 0.1) is 5.70 Å². The summed E-state index contributed by atoms with van der Waals surface area (Å²) in [6, 6.07) is 14.6. The van der Waals surface area contributed by atoms with Gasteiger partial charge in [0, 0.05) is 25.5 Å². The Morgan fingerprint density at radius 1 is 0.923 bits per heavy atom. The first kappa shape index (κ1) is 29.6. The Bertz CT molecular complexity index is 1260. The van der Waals surface area contributed by atoms with E-state index in [-0.39, 0.29) is 16.8 Å². The highest BCUT2D eigenvalue weighted by molar-refractivity contribution is 6.05. The molecule has 1 aliphatic rings. The first-order valence-electron chi connectivity index (χ1n) is 12.6. The van der Waals surface area contributed by atoms with Gasteiger partial charge in [-0.15, -0.1) is 0 Å². The van der Waals surface area contributed by atoms with Crippen molar-refractivity contribution in [2.24, 2.45) is 11.8 Å². The van der Waals surface area contributed by atoms with Crippen LogP contribution in [0.1, 0.15) is 45.7 Å². The molecule has 3 rings (SSSR count). The smallest absolute Gasteiger partial charge is 0.326 e. The van der Waals surface area contributed by atoms with E-state index in [4.69, 9.17) is 0 Å². The maximum absolute atomic E-state index is 14.4. The first-order valence-corrected chi connectivity index (χ1v) is 12.6. The van der Waals surface area contributed by atoms with Crippen LogP contribution in [-0.2, 0) is 25.6 Å². The zero-order valence-corrected chi connectivity index (χ0v) is 22.5. The zero-order chi connectivity index (χ0) is 29.1. The molecule has 1 aliphatic heterocycles. The van der Waals surface area contributed by atoms with Crippen LogP contribution in [0.5, 0.6) is 0 Å². The van der Waals surface area contributed by atoms with E-state index < -0.39 is 59.6 Å². The van der Waals surface area contributed by atoms with Crippen LogP contribution >= 0.6 is 0 Å². The van der Waals surface area contributed by atoms with Gasteiger partial charge >= 0.3 is 6.18 Å². The van der Waals surface area contributed by atoms with Gasteiger partial charge in [-0.3, -0.25) is 24.1 Å². The summed E-state index contributed by atoms with van der Waals surface area (Å²) in [5.74, 6) is -5.64. The number of benzene rings is 2. The molecule has 39 heavy (non-hydrogen) atoms. The Balaban J connectivity index is 2.44. The molecule has 1 heterocycles. The molecule has 7 nitrogen and oxygen atoms in total. The number of hydrogen-bond acceptors (Lipinski definition) is 4. The lowest BCUT2D eigenvalue weighted by molar-refractivity contribution is -0.187. The summed E-state index contributed by atoms with van der Waals surface area (Å²) in [5.41, 5.74) is -2.42. The van der Waals surface area contributed by atoms with Crippen LogP contribution in [0.3, 0.4) is 0 Å². The molecule has 2 atom stereocenters. The van der Waals surface area contributed by atoms with E-state index in [2.05, 4.69) is 5.32 Å². The molecule has 0 aromatic heterocycles. The Kier molecular flexibility index (Phi) is 8.67. The molecule has 0 spiro atoms. The van der Waals surface area contributed by atoms with Crippen molar-refractivity contribution in [3.8, 4) is 0 Å². The van der Waals surface area contributed by atoms with E-state index in [0.717, 1.165) is 11.8 Å². The van der Waals surface area contributed by atoms with Gasteiger partial charge in [-0.1, -0.05) is 88.4 Å². The summed E-state index contributed by atoms with van der Waals surface area (Å²) < 4.78 is 43.1. The summed E-state index contributed by atoms with van der Waals surface area (Å²) in [7, 11) is 0. The summed E-state index contributed by atoms with van der Waals surface area (Å²) in [6.07, 6.45) is -4.77. The van der Waals surface area contributed by atoms with E-state index in [1.165, 1.54) is 23.2 Å². The lowest BCUT2D eigenvalue weighted by Crippen LogP contribution is -2.73. The molecular formula is C29H32F3N3O4. The molecule has 0 fully saturated rings. The minimum absolute atomic E-state index is 0.117. The summed E-state index contributed by atoms with van der Waals surface area (Å²) in [5, 5.41) is 2.23. The number of alkyl halides is 3. The number of hydrogen-bond donors (Lipinski definition) is 1. The normalized spacial score (nSPS) is 17.6. The molecule has 10 heteroatoms. The van der Waals surface area contributed by atoms with Crippen molar-refractivity contribution in [3.63, 3.8) is 0 Å². The SMILES string of the molecule is CC(=O)NC(Cc1ccccc1)(C(=O)C(F)(F)F)N1C(=O)[C@@H](C(C)C)N(C(=O)C(C)C)C=C1c1ccccc1. The van der Waals surface area contributed by atoms with Crippen LogP contribution in [0.2, 0.25) is 0 Å². The lowest BCUT2D eigenvalue weighted by Gasteiger charge is -2.50. The molecule has 0 bridgehead atoms. The molecule has 0 saturated heterocycles. The Labute approximate surface area is 225 Å². The maximum atomic E-state index is 14.4. The topological polar surface area (TPSA) is 86.8 Å². The molecule has 208 valence electrons. The highest BCUT2D eigenvalue weighted by Crippen LogP contribution is 2.40. The third kappa shape index (κ3) is 6.05. The molecule has 2 aromatic rings. The second kappa shape index (κ2) is 11.4. The number of rotatable bonds is 8. The van der Waals surface area contributed by atoms with Crippen LogP contribution in [0.15, 0.2) is 66.9 Å². The number of halogens is 3. The van der Waals surface area contributed by atoms with Crippen molar-refractivity contribution in [2.45, 2.75) is 58.9 Å². The Morgan fingerprint density at radius 2 is 1.46 bits per heavy atom. The average molecular weight is 544 g/mol. The largest absolute Gasteiger partial charge is 0.454 e. The molecular weight excluding hydrogens is 511 g/mol. The fourth-order valence-corrected chi connectivity index (χ4v) is 4.79. The minimum atomic E-state index is -5.42. The van der Waals surface area contributed by atoms with Crippen molar-refractivity contribution in [2.75, 3.05) is 0 Å². The number of amides is 3. The number of Topliss-reactive ketones (excluding diaryl/α,β-unsaturated/α-hetero) is 1. The fourth-order valence-electron chi connectivity index (χ4n) is 4.79. The highest BCUT2D eigenvalue weighted by Gasteiger charge is 2.61. The second-order valence-electron chi connectivity index (χ2n) is 10.2. The number of ketones is 1. The average Bonchev–Trinajstić information content (AvgIpc) is 2.86. The van der Waals surface area contributed by atoms with E-state index >= 15 is 0 Å². The number of nitrogens with zero attached hydrogens (tertiary/aromatic N) is 2. The summed E-state index contributed by atoms with van der Waals surface area (Å²) in [4.78, 5) is 55.5. The van der Waals surface area contributed by atoms with E-state index in [1.807, 2.05) is 0 Å². The van der Waals surface area contributed by atoms with Crippen LogP contribution in [-0.4, -0.2) is 51.2 Å². The van der Waals surface area contributed by atoms with Gasteiger partial charge in [0.25, 0.3) is 11.7 Å². The molecule has 0 aliphatic carbocycles. The van der Waals surface area contributed by atoms with Gasteiger partial charge in [0.1, 0.15) is 6.04 Å². The predicted molar refractivity (Wildman–Crippen MR) is 139 cm³/mol. The third-order valence-corrected chi connectivity index (χ3v) is 6.43. The molecule has 3 amide bonds. The highest BCUT2D eigenvalue weighted by atomic mass is 19.4. The monoisotopic (exact) mass is 543 g/mol. The molecule has 1 unspecified atom stereocenters. The van der Waals surface area contributed by atoms with E-state index in [0.29, 0.717) is 0 Å². The number of carbonyl (C=O) groups excluding carboxylic acids is 4. The maximum Gasteiger partial charge on any atom is 0.454 e. The standard InChI is InChI=1S/C29H32F3N3O4/c1-18(2)24-26(38)35(23(22-14-10-7-11-15-22)17-34(24)25(37)19(3)4)28(33-20(5)36,27(39)29(30,31)32)16-21-12-8-6-9-13-21/h6-15,17-19,24H,16H2,1-5H3,(H,33,36)/t24-,28?/m1/s1. The minimum Gasteiger partial charge on any atom is -0.326 e. The molecule has 1 N–H and O–H groups in total. The van der Waals surface area contributed by atoms with Crippen molar-refractivity contribution in [1.29, 1.82) is 0 Å². The second-order valence-corrected chi connectivity index (χ2v) is 10.2. The van der Waals surface area contributed by atoms with Crippen LogP contribution in [0, 0.1) is 11.8 Å². The van der Waals surface area contributed by atoms with Gasteiger partial charge < -0.3 is 10.2 Å². The predicted octanol–water partition coefficient (Wildman–Crippen LogP) is 4.54. The quantitative estimate of drug-likeness (QED) is 0.530. The van der Waals surface area contributed by atoms with Crippen molar-refractivity contribution < 1.29 is 32.3 Å². The Hall–Kier alpha value is -3.95. The van der Waals surface area contributed by atoms with E-state index in [1.54, 1.807) is 76.2 Å². The first-order chi connectivity index (χ1) is 18.2. The van der Waals surface area contributed by atoms with Gasteiger partial charge in [0.2, 0.25) is 11.8 Å². The Morgan fingerprint density at radius 3 is 1.92 bits per heavy atom. The molecule has 0 radical (unpaired) electrons. The van der Waals surface area contributed by atoms with Gasteiger partial charge in [-0.05, 0) is 17.0 Å². The van der Waals surface area contributed by atoms with Crippen LogP contribution < -0.4 is 5.32 Å². The number of nitrogens with one attached hydrogen (secondary N) is 1. The van der Waals surface area contributed by atoms with E-state index in [9.17, 15) is 32.3 Å². The molecule has 0 saturated carbocycles. The lowest BCUT2D eigenvalue weighted by atomic mass is 9.87. The zero-order valence-electron chi connectivity index (χ0n) is 22.5. The van der Waals surface area contributed by atoms with Gasteiger partial charge in [0.15, 0.2) is 5.66 Å². The van der Waals surface area contributed by atoms with Crippen molar-refractivity contribution >= 4 is 29.2 Å². The van der Waals surface area contributed by atoms with Crippen molar-refractivity contribution in [1.82, 2.24) is 15.1 Å². The van der Waals surface area contributed by atoms with Crippen molar-refractivity contribution in [3.05, 3.63) is 78.0 Å². The van der Waals surface area contributed by atoms with Gasteiger partial charge in [-0.2, -0.15) is 13.2 Å². The summed E-state index contributed by atoms with van der Waals surface area (Å²) in [6.45, 7) is 7.60. The number of carbonyl (C=O) groups is 4. The summed E-state index contributed by atoms with van der Waals surface area (Å²) >= 11 is 0. The van der Waals surface area contributed by atoms with Gasteiger partial charge in [-0.25, -0.2) is 0 Å². The van der Waals surface area contributed by atoms with Crippen LogP contribution in [0.25, 0.3) is 5.70 Å². The molecule has 2 aromatic carbocycles. The third-order valence-electron chi connectivity index (χ3n) is 6.43. The van der Waals surface area contributed by atoms with Crippen LogP contribution in [0.4, 0.5) is 13.2 Å².